The molecule has 0 unspecified atom stereocenters. The third-order valence-corrected chi connectivity index (χ3v) is 3.15. The average Bonchev–Trinajstić information content (AvgIpc) is 2.19. The molecule has 4 heteroatoms. The lowest BCUT2D eigenvalue weighted by Crippen LogP contribution is -2.27. The van der Waals surface area contributed by atoms with Crippen molar-refractivity contribution in [3.63, 3.8) is 0 Å². The van der Waals surface area contributed by atoms with Crippen LogP contribution in [0, 0.1) is 0 Å². The van der Waals surface area contributed by atoms with Gasteiger partial charge in [0.25, 0.3) is 0 Å². The second-order valence-electron chi connectivity index (χ2n) is 3.52. The summed E-state index contributed by atoms with van der Waals surface area (Å²) >= 11 is 12.2. The van der Waals surface area contributed by atoms with Crippen molar-refractivity contribution < 1.29 is 0 Å². The molecule has 1 N–H and O–H groups in total. The Morgan fingerprint density at radius 3 is 2.50 bits per heavy atom. The van der Waals surface area contributed by atoms with Crippen LogP contribution in [0.3, 0.4) is 0 Å². The van der Waals surface area contributed by atoms with Gasteiger partial charge in [0, 0.05) is 24.0 Å². The van der Waals surface area contributed by atoms with Crippen molar-refractivity contribution in [2.45, 2.75) is 25.3 Å². The summed E-state index contributed by atoms with van der Waals surface area (Å²) in [6.45, 7) is 1.04. The van der Waals surface area contributed by atoms with Gasteiger partial charge in [0.15, 0.2) is 0 Å². The molecule has 14 heavy (non-hydrogen) atoms. The van der Waals surface area contributed by atoms with Gasteiger partial charge in [0.1, 0.15) is 0 Å². The Hall–Kier alpha value is -0.310. The highest BCUT2D eigenvalue weighted by Gasteiger charge is 2.19. The summed E-state index contributed by atoms with van der Waals surface area (Å²) in [7, 11) is 0. The average molecular weight is 231 g/mol. The fourth-order valence-corrected chi connectivity index (χ4v) is 2.48. The molecule has 2 nitrogen and oxygen atoms in total. The van der Waals surface area contributed by atoms with Crippen LogP contribution in [0.4, 0.5) is 0 Å². The number of nitrogens with one attached hydrogen (secondary N) is 1. The molecule has 0 aromatic carbocycles. The molecule has 1 saturated heterocycles. The van der Waals surface area contributed by atoms with E-state index < -0.39 is 0 Å². The first-order valence-corrected chi connectivity index (χ1v) is 5.57. The molecule has 76 valence electrons. The van der Waals surface area contributed by atoms with Crippen molar-refractivity contribution in [3.05, 3.63) is 28.0 Å². The van der Waals surface area contributed by atoms with Gasteiger partial charge in [-0.3, -0.25) is 4.98 Å². The van der Waals surface area contributed by atoms with E-state index in [0.29, 0.717) is 16.1 Å². The zero-order valence-electron chi connectivity index (χ0n) is 7.76. The molecule has 1 atom stereocenters. The fourth-order valence-electron chi connectivity index (χ4n) is 1.85. The van der Waals surface area contributed by atoms with Crippen molar-refractivity contribution in [1.29, 1.82) is 0 Å². The molecule has 1 aliphatic heterocycles. The maximum absolute atomic E-state index is 6.08. The van der Waals surface area contributed by atoms with E-state index >= 15 is 0 Å². The number of hydrogen-bond acceptors (Lipinski definition) is 2. The SMILES string of the molecule is Clc1cncc(Cl)c1[C@@H]1CCCCN1. The topological polar surface area (TPSA) is 24.9 Å². The van der Waals surface area contributed by atoms with Crippen LogP contribution >= 0.6 is 23.2 Å². The first-order chi connectivity index (χ1) is 6.79. The number of pyridine rings is 1. The Morgan fingerprint density at radius 1 is 1.21 bits per heavy atom. The molecule has 1 aromatic rings. The molecule has 2 rings (SSSR count). The number of halogens is 2. The molecule has 2 heterocycles. The minimum Gasteiger partial charge on any atom is -0.310 e. The van der Waals surface area contributed by atoms with Gasteiger partial charge in [0.05, 0.1) is 10.0 Å². The van der Waals surface area contributed by atoms with E-state index in [1.807, 2.05) is 0 Å². The molecule has 1 aliphatic rings. The highest BCUT2D eigenvalue weighted by Crippen LogP contribution is 2.33. The van der Waals surface area contributed by atoms with Crippen LogP contribution in [0.15, 0.2) is 12.4 Å². The molecular weight excluding hydrogens is 219 g/mol. The maximum atomic E-state index is 6.08. The van der Waals surface area contributed by atoms with Crippen LogP contribution in [-0.2, 0) is 0 Å². The zero-order chi connectivity index (χ0) is 9.97. The number of rotatable bonds is 1. The standard InChI is InChI=1S/C10H12Cl2N2/c11-7-5-13-6-8(12)10(7)9-3-1-2-4-14-9/h5-6,9,14H,1-4H2/t9-/m0/s1. The van der Waals surface area contributed by atoms with Gasteiger partial charge >= 0.3 is 0 Å². The van der Waals surface area contributed by atoms with Crippen molar-refractivity contribution in [2.75, 3.05) is 6.54 Å². The summed E-state index contributed by atoms with van der Waals surface area (Å²) in [6, 6.07) is 0.298. The van der Waals surface area contributed by atoms with E-state index in [4.69, 9.17) is 23.2 Å². The highest BCUT2D eigenvalue weighted by atomic mass is 35.5. The maximum Gasteiger partial charge on any atom is 0.0652 e. The summed E-state index contributed by atoms with van der Waals surface area (Å²) in [6.07, 6.45) is 6.87. The predicted molar refractivity (Wildman–Crippen MR) is 58.9 cm³/mol. The third kappa shape index (κ3) is 2.02. The van der Waals surface area contributed by atoms with E-state index in [-0.39, 0.29) is 0 Å². The predicted octanol–water partition coefficient (Wildman–Crippen LogP) is 3.20. The van der Waals surface area contributed by atoms with Gasteiger partial charge < -0.3 is 5.32 Å². The van der Waals surface area contributed by atoms with E-state index in [9.17, 15) is 0 Å². The van der Waals surface area contributed by atoms with Gasteiger partial charge in [-0.1, -0.05) is 29.6 Å². The van der Waals surface area contributed by atoms with Crippen molar-refractivity contribution in [2.24, 2.45) is 0 Å². The molecular formula is C10H12Cl2N2. The Labute approximate surface area is 93.6 Å². The lowest BCUT2D eigenvalue weighted by Gasteiger charge is -2.25. The summed E-state index contributed by atoms with van der Waals surface area (Å²) in [5.74, 6) is 0. The van der Waals surface area contributed by atoms with Gasteiger partial charge in [-0.15, -0.1) is 0 Å². The van der Waals surface area contributed by atoms with E-state index in [2.05, 4.69) is 10.3 Å². The Morgan fingerprint density at radius 2 is 1.93 bits per heavy atom. The van der Waals surface area contributed by atoms with Crippen LogP contribution in [0.5, 0.6) is 0 Å². The van der Waals surface area contributed by atoms with Crippen molar-refractivity contribution >= 4 is 23.2 Å². The lowest BCUT2D eigenvalue weighted by molar-refractivity contribution is 0.412. The van der Waals surface area contributed by atoms with Gasteiger partial charge in [-0.05, 0) is 19.4 Å². The number of hydrogen-bond donors (Lipinski definition) is 1. The van der Waals surface area contributed by atoms with Crippen LogP contribution in [0.2, 0.25) is 10.0 Å². The van der Waals surface area contributed by atoms with Gasteiger partial charge in [-0.25, -0.2) is 0 Å². The van der Waals surface area contributed by atoms with Crippen LogP contribution < -0.4 is 5.32 Å². The van der Waals surface area contributed by atoms with Crippen LogP contribution in [0.1, 0.15) is 30.9 Å². The summed E-state index contributed by atoms with van der Waals surface area (Å²) in [5.41, 5.74) is 1.00. The molecule has 0 amide bonds. The molecule has 0 aliphatic carbocycles. The highest BCUT2D eigenvalue weighted by molar-refractivity contribution is 6.35. The first-order valence-electron chi connectivity index (χ1n) is 4.81. The minimum atomic E-state index is 0.298. The zero-order valence-corrected chi connectivity index (χ0v) is 9.28. The monoisotopic (exact) mass is 230 g/mol. The molecule has 1 fully saturated rings. The quantitative estimate of drug-likeness (QED) is 0.802. The minimum absolute atomic E-state index is 0.298. The van der Waals surface area contributed by atoms with Crippen LogP contribution in [0.25, 0.3) is 0 Å². The molecule has 1 aromatic heterocycles. The van der Waals surface area contributed by atoms with Gasteiger partial charge in [-0.2, -0.15) is 0 Å². The second kappa shape index (κ2) is 4.47. The summed E-state index contributed by atoms with van der Waals surface area (Å²) < 4.78 is 0. The lowest BCUT2D eigenvalue weighted by atomic mass is 9.98. The normalized spacial score (nSPS) is 22.3. The van der Waals surface area contributed by atoms with E-state index in [1.54, 1.807) is 12.4 Å². The van der Waals surface area contributed by atoms with Gasteiger partial charge in [0.2, 0.25) is 0 Å². The smallest absolute Gasteiger partial charge is 0.0652 e. The Bertz CT molecular complexity index is 302. The Kier molecular flexibility index (Phi) is 3.26. The van der Waals surface area contributed by atoms with Crippen molar-refractivity contribution in [1.82, 2.24) is 10.3 Å². The molecule has 0 bridgehead atoms. The third-order valence-electron chi connectivity index (χ3n) is 2.55. The fraction of sp³-hybridized carbons (Fsp3) is 0.500. The number of aromatic nitrogens is 1. The van der Waals surface area contributed by atoms with E-state index in [0.717, 1.165) is 18.5 Å². The largest absolute Gasteiger partial charge is 0.310 e. The Balaban J connectivity index is 2.29. The van der Waals surface area contributed by atoms with E-state index in [1.165, 1.54) is 12.8 Å². The number of nitrogens with zero attached hydrogens (tertiary/aromatic N) is 1. The first kappa shape index (κ1) is 10.2. The molecule has 0 radical (unpaired) electrons. The molecule has 0 saturated carbocycles. The number of piperidine rings is 1. The van der Waals surface area contributed by atoms with Crippen molar-refractivity contribution in [3.8, 4) is 0 Å². The summed E-state index contributed by atoms with van der Waals surface area (Å²) in [5, 5.41) is 4.75. The van der Waals surface area contributed by atoms with Crippen LogP contribution in [-0.4, -0.2) is 11.5 Å². The second-order valence-corrected chi connectivity index (χ2v) is 4.33. The molecule has 0 spiro atoms. The summed E-state index contributed by atoms with van der Waals surface area (Å²) in [4.78, 5) is 3.95.